The Morgan fingerprint density at radius 1 is 1.52 bits per heavy atom. The average molecular weight is 360 g/mol. The Bertz CT molecular complexity index is 472. The van der Waals surface area contributed by atoms with Crippen molar-refractivity contribution in [3.63, 3.8) is 0 Å². The molecule has 21 heavy (non-hydrogen) atoms. The Morgan fingerprint density at radius 3 is 2.90 bits per heavy atom. The highest BCUT2D eigenvalue weighted by atomic mass is 79.9. The molecule has 0 aliphatic carbocycles. The van der Waals surface area contributed by atoms with Gasteiger partial charge in [0.2, 0.25) is 0 Å². The number of halogens is 2. The molecule has 0 amide bonds. The van der Waals surface area contributed by atoms with E-state index in [0.717, 1.165) is 23.1 Å². The first-order valence-electron chi connectivity index (χ1n) is 7.27. The van der Waals surface area contributed by atoms with Crippen LogP contribution in [0.15, 0.2) is 22.7 Å². The molecule has 4 nitrogen and oxygen atoms in total. The van der Waals surface area contributed by atoms with Gasteiger partial charge in [0.05, 0.1) is 18.8 Å². The maximum atomic E-state index is 13.2. The van der Waals surface area contributed by atoms with Crippen LogP contribution in [0.5, 0.6) is 0 Å². The summed E-state index contributed by atoms with van der Waals surface area (Å²) < 4.78 is 19.8. The van der Waals surface area contributed by atoms with Gasteiger partial charge >= 0.3 is 0 Å². The quantitative estimate of drug-likeness (QED) is 0.624. The van der Waals surface area contributed by atoms with E-state index in [4.69, 9.17) is 10.6 Å². The minimum absolute atomic E-state index is 0.00619. The van der Waals surface area contributed by atoms with Crippen LogP contribution in [0.4, 0.5) is 4.39 Å². The molecule has 2 rings (SSSR count). The van der Waals surface area contributed by atoms with Crippen molar-refractivity contribution >= 4 is 15.9 Å². The summed E-state index contributed by atoms with van der Waals surface area (Å²) in [7, 11) is 0. The fourth-order valence-electron chi connectivity index (χ4n) is 2.63. The second kappa shape index (κ2) is 7.65. The predicted octanol–water partition coefficient (Wildman–Crippen LogP) is 2.07. The van der Waals surface area contributed by atoms with Crippen LogP contribution in [-0.4, -0.2) is 42.8 Å². The van der Waals surface area contributed by atoms with Crippen LogP contribution in [0.1, 0.15) is 19.4 Å². The lowest BCUT2D eigenvalue weighted by atomic mass is 10.00. The van der Waals surface area contributed by atoms with E-state index in [1.54, 1.807) is 6.07 Å². The van der Waals surface area contributed by atoms with Crippen LogP contribution in [-0.2, 0) is 11.2 Å². The van der Waals surface area contributed by atoms with Gasteiger partial charge in [0.1, 0.15) is 5.82 Å². The van der Waals surface area contributed by atoms with Gasteiger partial charge in [-0.25, -0.2) is 4.39 Å². The number of benzene rings is 1. The number of hydrogen-bond donors (Lipinski definition) is 2. The number of hydrogen-bond acceptors (Lipinski definition) is 4. The highest BCUT2D eigenvalue weighted by molar-refractivity contribution is 9.10. The van der Waals surface area contributed by atoms with Gasteiger partial charge in [-0.05, 0) is 38.0 Å². The summed E-state index contributed by atoms with van der Waals surface area (Å²) >= 11 is 3.40. The summed E-state index contributed by atoms with van der Waals surface area (Å²) in [6.45, 7) is 6.89. The number of nitrogens with one attached hydrogen (secondary N) is 1. The smallest absolute Gasteiger partial charge is 0.124 e. The van der Waals surface area contributed by atoms with E-state index in [1.165, 1.54) is 12.1 Å². The van der Waals surface area contributed by atoms with E-state index < -0.39 is 0 Å². The van der Waals surface area contributed by atoms with Gasteiger partial charge in [-0.1, -0.05) is 22.0 Å². The van der Waals surface area contributed by atoms with Crippen LogP contribution in [0, 0.1) is 5.82 Å². The van der Waals surface area contributed by atoms with Crippen LogP contribution in [0.3, 0.4) is 0 Å². The molecule has 1 aliphatic rings. The third-order valence-corrected chi connectivity index (χ3v) is 4.71. The highest BCUT2D eigenvalue weighted by Gasteiger charge is 2.29. The molecule has 0 saturated carbocycles. The third-order valence-electron chi connectivity index (χ3n) is 3.97. The van der Waals surface area contributed by atoms with Crippen molar-refractivity contribution in [2.45, 2.75) is 38.5 Å². The zero-order valence-corrected chi connectivity index (χ0v) is 14.1. The minimum atomic E-state index is -0.247. The molecule has 1 aliphatic heterocycles. The number of nitrogens with two attached hydrogens (primary N) is 1. The van der Waals surface area contributed by atoms with E-state index in [2.05, 4.69) is 40.1 Å². The molecular formula is C15H23BrFN3O. The Balaban J connectivity index is 2.05. The SMILES string of the molecule is CC(C)N1CCOC(C(Cc2ccc(F)cc2Br)NN)C1. The second-order valence-corrected chi connectivity index (χ2v) is 6.57. The predicted molar refractivity (Wildman–Crippen MR) is 85.4 cm³/mol. The fraction of sp³-hybridized carbons (Fsp3) is 0.600. The van der Waals surface area contributed by atoms with Gasteiger partial charge in [0.15, 0.2) is 0 Å². The lowest BCUT2D eigenvalue weighted by Gasteiger charge is -2.38. The van der Waals surface area contributed by atoms with Gasteiger partial charge in [-0.2, -0.15) is 0 Å². The van der Waals surface area contributed by atoms with E-state index >= 15 is 0 Å². The first-order chi connectivity index (χ1) is 10.0. The maximum absolute atomic E-state index is 13.2. The summed E-state index contributed by atoms with van der Waals surface area (Å²) in [5.74, 6) is 5.47. The molecule has 3 N–H and O–H groups in total. The Hall–Kier alpha value is -0.530. The summed E-state index contributed by atoms with van der Waals surface area (Å²) in [4.78, 5) is 2.39. The van der Waals surface area contributed by atoms with Gasteiger partial charge in [0, 0.05) is 23.6 Å². The molecule has 1 fully saturated rings. The van der Waals surface area contributed by atoms with Gasteiger partial charge in [-0.3, -0.25) is 16.2 Å². The van der Waals surface area contributed by atoms with E-state index in [9.17, 15) is 4.39 Å². The molecule has 2 atom stereocenters. The van der Waals surface area contributed by atoms with Crippen molar-refractivity contribution in [3.05, 3.63) is 34.1 Å². The lowest BCUT2D eigenvalue weighted by Crippen LogP contribution is -2.56. The normalized spacial score (nSPS) is 21.7. The zero-order chi connectivity index (χ0) is 15.4. The monoisotopic (exact) mass is 359 g/mol. The number of nitrogens with zero attached hydrogens (tertiary/aromatic N) is 1. The third kappa shape index (κ3) is 4.47. The zero-order valence-electron chi connectivity index (χ0n) is 12.5. The molecule has 6 heteroatoms. The van der Waals surface area contributed by atoms with Crippen molar-refractivity contribution in [3.8, 4) is 0 Å². The van der Waals surface area contributed by atoms with Crippen LogP contribution < -0.4 is 11.3 Å². The standard InChI is InChI=1S/C15H23BrFN3O/c1-10(2)20-5-6-21-15(9-20)14(19-18)7-11-3-4-12(17)8-13(11)16/h3-4,8,10,14-15,19H,5-7,9,18H2,1-2H3. The molecule has 2 unspecified atom stereocenters. The van der Waals surface area contributed by atoms with Crippen LogP contribution in [0.2, 0.25) is 0 Å². The van der Waals surface area contributed by atoms with Crippen LogP contribution >= 0.6 is 15.9 Å². The molecule has 1 saturated heterocycles. The number of morpholine rings is 1. The summed E-state index contributed by atoms with van der Waals surface area (Å²) in [6.07, 6.45) is 0.719. The van der Waals surface area contributed by atoms with E-state index in [-0.39, 0.29) is 18.0 Å². The Kier molecular flexibility index (Phi) is 6.13. The number of ether oxygens (including phenoxy) is 1. The summed E-state index contributed by atoms with van der Waals surface area (Å²) in [5.41, 5.74) is 3.87. The van der Waals surface area contributed by atoms with Crippen molar-refractivity contribution in [1.29, 1.82) is 0 Å². The van der Waals surface area contributed by atoms with Gasteiger partial charge in [0.25, 0.3) is 0 Å². The van der Waals surface area contributed by atoms with Crippen molar-refractivity contribution in [2.24, 2.45) is 5.84 Å². The van der Waals surface area contributed by atoms with Crippen molar-refractivity contribution in [1.82, 2.24) is 10.3 Å². The molecule has 1 heterocycles. The molecular weight excluding hydrogens is 337 g/mol. The number of hydrazine groups is 1. The largest absolute Gasteiger partial charge is 0.374 e. The summed E-state index contributed by atoms with van der Waals surface area (Å²) in [5, 5.41) is 0. The summed E-state index contributed by atoms with van der Waals surface area (Å²) in [6, 6.07) is 5.22. The van der Waals surface area contributed by atoms with E-state index in [0.29, 0.717) is 19.1 Å². The van der Waals surface area contributed by atoms with Crippen molar-refractivity contribution < 1.29 is 9.13 Å². The fourth-order valence-corrected chi connectivity index (χ4v) is 3.14. The van der Waals surface area contributed by atoms with E-state index in [1.807, 2.05) is 0 Å². The Morgan fingerprint density at radius 2 is 2.29 bits per heavy atom. The molecule has 1 aromatic carbocycles. The lowest BCUT2D eigenvalue weighted by molar-refractivity contribution is -0.0552. The first-order valence-corrected chi connectivity index (χ1v) is 8.06. The number of rotatable bonds is 5. The van der Waals surface area contributed by atoms with Gasteiger partial charge in [-0.15, -0.1) is 0 Å². The molecule has 0 bridgehead atoms. The minimum Gasteiger partial charge on any atom is -0.374 e. The topological polar surface area (TPSA) is 50.5 Å². The molecule has 0 radical (unpaired) electrons. The Labute approximate surface area is 133 Å². The first kappa shape index (κ1) is 16.8. The maximum Gasteiger partial charge on any atom is 0.124 e. The molecule has 0 spiro atoms. The molecule has 0 aromatic heterocycles. The molecule has 118 valence electrons. The van der Waals surface area contributed by atoms with Crippen LogP contribution in [0.25, 0.3) is 0 Å². The van der Waals surface area contributed by atoms with Gasteiger partial charge < -0.3 is 4.74 Å². The highest BCUT2D eigenvalue weighted by Crippen LogP contribution is 2.22. The second-order valence-electron chi connectivity index (χ2n) is 5.71. The van der Waals surface area contributed by atoms with Crippen molar-refractivity contribution in [2.75, 3.05) is 19.7 Å². The average Bonchev–Trinajstić information content (AvgIpc) is 2.46. The molecule has 1 aromatic rings.